The Labute approximate surface area is 109 Å². The minimum Gasteiger partial charge on any atom is -0.409 e. The Kier molecular flexibility index (Phi) is 5.41. The first kappa shape index (κ1) is 15.2. The lowest BCUT2D eigenvalue weighted by Gasteiger charge is -2.23. The minimum absolute atomic E-state index is 0.251. The molecule has 1 saturated carbocycles. The van der Waals surface area contributed by atoms with Crippen LogP contribution in [0, 0.1) is 10.8 Å². The number of nitrogens with two attached hydrogens (primary N) is 1. The monoisotopic (exact) mass is 257 g/mol. The van der Waals surface area contributed by atoms with Crippen LogP contribution in [0.4, 0.5) is 0 Å². The summed E-state index contributed by atoms with van der Waals surface area (Å²) in [6.45, 7) is 6.19. The molecule has 1 aliphatic rings. The van der Waals surface area contributed by atoms with Crippen molar-refractivity contribution in [3.63, 3.8) is 0 Å². The number of hydrogen-bond acceptors (Lipinski definition) is 4. The van der Waals surface area contributed by atoms with Crippen LogP contribution in [-0.2, 0) is 0 Å². The van der Waals surface area contributed by atoms with Gasteiger partial charge in [-0.15, -0.1) is 0 Å². The van der Waals surface area contributed by atoms with Gasteiger partial charge in [-0.25, -0.2) is 0 Å². The molecule has 0 atom stereocenters. The zero-order valence-corrected chi connectivity index (χ0v) is 11.6. The van der Waals surface area contributed by atoms with Gasteiger partial charge >= 0.3 is 0 Å². The van der Waals surface area contributed by atoms with Crippen molar-refractivity contribution in [3.8, 4) is 0 Å². The molecule has 0 unspecified atom stereocenters. The molecule has 0 aliphatic heterocycles. The average molecular weight is 257 g/mol. The van der Waals surface area contributed by atoms with Crippen molar-refractivity contribution in [2.24, 2.45) is 21.7 Å². The number of aliphatic hydroxyl groups is 1. The molecule has 106 valence electrons. The summed E-state index contributed by atoms with van der Waals surface area (Å²) in [4.78, 5) is 0. The third-order valence-electron chi connectivity index (χ3n) is 4.06. The Morgan fingerprint density at radius 3 is 2.61 bits per heavy atom. The topological polar surface area (TPSA) is 90.9 Å². The van der Waals surface area contributed by atoms with Crippen molar-refractivity contribution in [3.05, 3.63) is 0 Å². The van der Waals surface area contributed by atoms with Crippen LogP contribution in [0.1, 0.15) is 46.0 Å². The summed E-state index contributed by atoms with van der Waals surface area (Å²) in [7, 11) is 0. The number of nitrogens with zero attached hydrogens (tertiary/aromatic N) is 1. The van der Waals surface area contributed by atoms with Crippen molar-refractivity contribution < 1.29 is 10.3 Å². The largest absolute Gasteiger partial charge is 0.409 e. The maximum absolute atomic E-state index is 8.96. The van der Waals surface area contributed by atoms with Gasteiger partial charge in [0.05, 0.1) is 0 Å². The van der Waals surface area contributed by atoms with E-state index in [1.54, 1.807) is 0 Å². The van der Waals surface area contributed by atoms with Crippen LogP contribution < -0.4 is 11.1 Å². The first-order valence-electron chi connectivity index (χ1n) is 6.75. The molecule has 0 aromatic rings. The molecule has 0 aromatic heterocycles. The molecule has 1 aliphatic carbocycles. The lowest BCUT2D eigenvalue weighted by molar-refractivity contribution is 0.245. The Hall–Kier alpha value is -0.810. The average Bonchev–Trinajstić information content (AvgIpc) is 3.08. The van der Waals surface area contributed by atoms with Crippen molar-refractivity contribution >= 4 is 5.84 Å². The molecule has 0 aromatic carbocycles. The van der Waals surface area contributed by atoms with Crippen LogP contribution >= 0.6 is 0 Å². The van der Waals surface area contributed by atoms with Crippen molar-refractivity contribution in [2.45, 2.75) is 46.0 Å². The second kappa shape index (κ2) is 6.38. The van der Waals surface area contributed by atoms with Crippen LogP contribution in [0.5, 0.6) is 0 Å². The van der Waals surface area contributed by atoms with Gasteiger partial charge in [-0.05, 0) is 44.1 Å². The number of hydrogen-bond donors (Lipinski definition) is 4. The first-order chi connectivity index (χ1) is 8.46. The van der Waals surface area contributed by atoms with E-state index >= 15 is 0 Å². The van der Waals surface area contributed by atoms with Crippen LogP contribution in [0.15, 0.2) is 5.16 Å². The second-order valence-corrected chi connectivity index (χ2v) is 6.12. The standard InChI is InChI=1S/C13H27N3O2/c1-12(2,11(14)16-18)4-3-8-15-10-13(5-6-13)7-9-17/h15,17-18H,3-10H2,1-2H3,(H2,14,16). The van der Waals surface area contributed by atoms with Gasteiger partial charge in [0.25, 0.3) is 0 Å². The summed E-state index contributed by atoms with van der Waals surface area (Å²) in [6.07, 6.45) is 5.27. The van der Waals surface area contributed by atoms with Gasteiger partial charge in [0.2, 0.25) is 0 Å². The molecule has 0 saturated heterocycles. The predicted molar refractivity (Wildman–Crippen MR) is 72.7 cm³/mol. The quantitative estimate of drug-likeness (QED) is 0.165. The molecule has 1 rings (SSSR count). The molecule has 1 fully saturated rings. The third kappa shape index (κ3) is 4.46. The summed E-state index contributed by atoms with van der Waals surface area (Å²) in [5, 5.41) is 24.2. The van der Waals surface area contributed by atoms with Gasteiger partial charge in [-0.2, -0.15) is 0 Å². The van der Waals surface area contributed by atoms with E-state index in [2.05, 4.69) is 10.5 Å². The Morgan fingerprint density at radius 1 is 1.44 bits per heavy atom. The van der Waals surface area contributed by atoms with E-state index in [4.69, 9.17) is 16.0 Å². The number of oxime groups is 1. The van der Waals surface area contributed by atoms with Gasteiger partial charge in [-0.1, -0.05) is 19.0 Å². The highest BCUT2D eigenvalue weighted by molar-refractivity contribution is 5.85. The number of rotatable bonds is 9. The molecule has 5 N–H and O–H groups in total. The Morgan fingerprint density at radius 2 is 2.11 bits per heavy atom. The molecule has 0 heterocycles. The highest BCUT2D eigenvalue weighted by atomic mass is 16.4. The third-order valence-corrected chi connectivity index (χ3v) is 4.06. The SMILES string of the molecule is CC(C)(CCCNCC1(CCO)CC1)C(N)=NO. The minimum atomic E-state index is -0.251. The Balaban J connectivity index is 2.12. The van der Waals surface area contributed by atoms with E-state index in [9.17, 15) is 0 Å². The molecule has 0 spiro atoms. The number of aliphatic hydroxyl groups excluding tert-OH is 1. The lowest BCUT2D eigenvalue weighted by Crippen LogP contribution is -2.33. The number of nitrogens with one attached hydrogen (secondary N) is 1. The summed E-state index contributed by atoms with van der Waals surface area (Å²) in [5.41, 5.74) is 5.76. The fourth-order valence-electron chi connectivity index (χ4n) is 2.20. The van der Waals surface area contributed by atoms with Crippen molar-refractivity contribution in [1.29, 1.82) is 0 Å². The van der Waals surface area contributed by atoms with Gasteiger partial charge in [-0.3, -0.25) is 0 Å². The van der Waals surface area contributed by atoms with E-state index in [0.29, 0.717) is 11.3 Å². The van der Waals surface area contributed by atoms with Crippen LogP contribution in [0.2, 0.25) is 0 Å². The summed E-state index contributed by atoms with van der Waals surface area (Å²) >= 11 is 0. The summed E-state index contributed by atoms with van der Waals surface area (Å²) in [5.74, 6) is 0.293. The van der Waals surface area contributed by atoms with E-state index in [1.807, 2.05) is 13.8 Å². The predicted octanol–water partition coefficient (Wildman–Crippen LogP) is 1.29. The highest BCUT2D eigenvalue weighted by Gasteiger charge is 2.41. The molecule has 18 heavy (non-hydrogen) atoms. The molecule has 5 nitrogen and oxygen atoms in total. The van der Waals surface area contributed by atoms with E-state index in [1.165, 1.54) is 12.8 Å². The van der Waals surface area contributed by atoms with E-state index in [-0.39, 0.29) is 12.0 Å². The molecule has 0 radical (unpaired) electrons. The van der Waals surface area contributed by atoms with E-state index < -0.39 is 0 Å². The van der Waals surface area contributed by atoms with Gasteiger partial charge in [0.15, 0.2) is 0 Å². The van der Waals surface area contributed by atoms with Gasteiger partial charge in [0.1, 0.15) is 5.84 Å². The molecule has 0 amide bonds. The lowest BCUT2D eigenvalue weighted by atomic mass is 9.86. The van der Waals surface area contributed by atoms with Crippen LogP contribution in [-0.4, -0.2) is 35.8 Å². The highest BCUT2D eigenvalue weighted by Crippen LogP contribution is 2.47. The number of amidine groups is 1. The zero-order chi connectivity index (χ0) is 13.6. The van der Waals surface area contributed by atoms with Crippen LogP contribution in [0.3, 0.4) is 0 Å². The molecule has 0 bridgehead atoms. The molecule has 5 heteroatoms. The van der Waals surface area contributed by atoms with Gasteiger partial charge in [0, 0.05) is 18.6 Å². The summed E-state index contributed by atoms with van der Waals surface area (Å²) < 4.78 is 0. The second-order valence-electron chi connectivity index (χ2n) is 6.12. The van der Waals surface area contributed by atoms with E-state index in [0.717, 1.165) is 32.4 Å². The maximum atomic E-state index is 8.96. The van der Waals surface area contributed by atoms with Crippen molar-refractivity contribution in [2.75, 3.05) is 19.7 Å². The fraction of sp³-hybridized carbons (Fsp3) is 0.923. The smallest absolute Gasteiger partial charge is 0.144 e. The fourth-order valence-corrected chi connectivity index (χ4v) is 2.20. The molecular formula is C13H27N3O2. The first-order valence-corrected chi connectivity index (χ1v) is 6.75. The molecular weight excluding hydrogens is 230 g/mol. The zero-order valence-electron chi connectivity index (χ0n) is 11.6. The Bertz CT molecular complexity index is 286. The van der Waals surface area contributed by atoms with Crippen molar-refractivity contribution in [1.82, 2.24) is 5.32 Å². The van der Waals surface area contributed by atoms with Crippen LogP contribution in [0.25, 0.3) is 0 Å². The maximum Gasteiger partial charge on any atom is 0.144 e. The van der Waals surface area contributed by atoms with Gasteiger partial charge < -0.3 is 21.4 Å². The normalized spacial score (nSPS) is 18.9. The summed E-state index contributed by atoms with van der Waals surface area (Å²) in [6, 6.07) is 0.